The molecule has 2 aromatic rings. The Morgan fingerprint density at radius 2 is 0.966 bits per heavy atom. The van der Waals surface area contributed by atoms with Crippen LogP contribution in [0, 0.1) is 41.5 Å². The van der Waals surface area contributed by atoms with Crippen LogP contribution < -0.4 is 5.32 Å². The predicted octanol–water partition coefficient (Wildman–Crippen LogP) is 7.71. The Labute approximate surface area is 176 Å². The van der Waals surface area contributed by atoms with Crippen molar-refractivity contribution in [2.45, 2.75) is 80.1 Å². The van der Waals surface area contributed by atoms with E-state index >= 15 is 0 Å². The highest BCUT2D eigenvalue weighted by Crippen LogP contribution is 2.43. The van der Waals surface area contributed by atoms with Crippen molar-refractivity contribution < 1.29 is 0 Å². The van der Waals surface area contributed by atoms with Crippen LogP contribution in [0.4, 0.5) is 11.4 Å². The highest BCUT2D eigenvalue weighted by Gasteiger charge is 2.25. The second-order valence-corrected chi connectivity index (χ2v) is 9.25. The Morgan fingerprint density at radius 1 is 0.586 bits per heavy atom. The van der Waals surface area contributed by atoms with E-state index in [4.69, 9.17) is 0 Å². The molecular formula is C28H35N. The van der Waals surface area contributed by atoms with Crippen LogP contribution >= 0.6 is 0 Å². The molecule has 0 saturated carbocycles. The van der Waals surface area contributed by atoms with E-state index in [1.807, 2.05) is 0 Å². The van der Waals surface area contributed by atoms with E-state index in [9.17, 15) is 0 Å². The van der Waals surface area contributed by atoms with Crippen molar-refractivity contribution in [3.8, 4) is 0 Å². The minimum absolute atomic E-state index is 0.507. The lowest BCUT2D eigenvalue weighted by Crippen LogP contribution is -2.14. The number of anilines is 2. The number of hydrogen-bond acceptors (Lipinski definition) is 1. The average Bonchev–Trinajstić information content (AvgIpc) is 2.69. The first-order chi connectivity index (χ1) is 13.7. The van der Waals surface area contributed by atoms with Gasteiger partial charge in [0, 0.05) is 11.4 Å². The van der Waals surface area contributed by atoms with Crippen LogP contribution in [0.25, 0.3) is 0 Å². The van der Waals surface area contributed by atoms with E-state index in [-0.39, 0.29) is 0 Å². The summed E-state index contributed by atoms with van der Waals surface area (Å²) < 4.78 is 0. The summed E-state index contributed by atoms with van der Waals surface area (Å²) in [6, 6.07) is 0. The Balaban J connectivity index is 1.89. The second-order valence-electron chi connectivity index (χ2n) is 9.25. The molecule has 0 aliphatic heterocycles. The lowest BCUT2D eigenvalue weighted by molar-refractivity contribution is 0.881. The largest absolute Gasteiger partial charge is 0.355 e. The quantitative estimate of drug-likeness (QED) is 0.522. The summed E-state index contributed by atoms with van der Waals surface area (Å²) >= 11 is 0. The summed E-state index contributed by atoms with van der Waals surface area (Å²) in [4.78, 5) is 0. The van der Waals surface area contributed by atoms with E-state index < -0.39 is 0 Å². The molecule has 1 nitrogen and oxygen atoms in total. The van der Waals surface area contributed by atoms with Crippen molar-refractivity contribution in [3.63, 3.8) is 0 Å². The Hall–Kier alpha value is -2.28. The molecule has 152 valence electrons. The first-order valence-corrected chi connectivity index (χ1v) is 11.1. The van der Waals surface area contributed by atoms with Gasteiger partial charge in [0.05, 0.1) is 0 Å². The highest BCUT2D eigenvalue weighted by atomic mass is 14.9. The number of nitrogens with one attached hydrogen (secondary N) is 1. The topological polar surface area (TPSA) is 12.0 Å². The van der Waals surface area contributed by atoms with Gasteiger partial charge in [0.2, 0.25) is 0 Å². The van der Waals surface area contributed by atoms with Gasteiger partial charge in [-0.25, -0.2) is 0 Å². The molecule has 4 rings (SSSR count). The van der Waals surface area contributed by atoms with Crippen LogP contribution in [-0.4, -0.2) is 0 Å². The molecular weight excluding hydrogens is 350 g/mol. The van der Waals surface area contributed by atoms with E-state index in [0.717, 1.165) is 12.8 Å². The second kappa shape index (κ2) is 7.20. The van der Waals surface area contributed by atoms with Crippen molar-refractivity contribution in [3.05, 3.63) is 79.9 Å². The number of fused-ring (bicyclic) bond motifs is 2. The molecule has 2 aromatic carbocycles. The molecule has 2 aliphatic rings. The molecule has 1 N–H and O–H groups in total. The molecule has 0 bridgehead atoms. The third kappa shape index (κ3) is 2.98. The summed E-state index contributed by atoms with van der Waals surface area (Å²) in [5.41, 5.74) is 17.3. The highest BCUT2D eigenvalue weighted by molar-refractivity contribution is 5.77. The van der Waals surface area contributed by atoms with Gasteiger partial charge in [-0.05, 0) is 122 Å². The summed E-state index contributed by atoms with van der Waals surface area (Å²) in [6.07, 6.45) is 11.5. The van der Waals surface area contributed by atoms with Crippen molar-refractivity contribution >= 4 is 11.4 Å². The molecule has 2 unspecified atom stereocenters. The minimum atomic E-state index is 0.507. The maximum atomic E-state index is 3.94. The molecule has 0 heterocycles. The standard InChI is InChI=1S/C28H35N/c1-15-11-9-13-23-21(7)27(19(5)17(3)25(15)23)29-28-20(6)18(4)26-16(2)12-10-14-24(26)22(28)8/h9-12,15-16,29H,13-14H2,1-8H3. The zero-order chi connectivity index (χ0) is 21.0. The van der Waals surface area contributed by atoms with Gasteiger partial charge in [-0.15, -0.1) is 0 Å². The van der Waals surface area contributed by atoms with Crippen LogP contribution in [-0.2, 0) is 12.8 Å². The van der Waals surface area contributed by atoms with E-state index in [0.29, 0.717) is 11.8 Å². The molecule has 0 saturated heterocycles. The van der Waals surface area contributed by atoms with Gasteiger partial charge < -0.3 is 5.32 Å². The molecule has 29 heavy (non-hydrogen) atoms. The zero-order valence-electron chi connectivity index (χ0n) is 19.4. The molecule has 0 radical (unpaired) electrons. The molecule has 2 atom stereocenters. The summed E-state index contributed by atoms with van der Waals surface area (Å²) in [5, 5.41) is 3.94. The summed E-state index contributed by atoms with van der Waals surface area (Å²) in [7, 11) is 0. The monoisotopic (exact) mass is 385 g/mol. The fourth-order valence-corrected chi connectivity index (χ4v) is 5.73. The lowest BCUT2D eigenvalue weighted by Gasteiger charge is -2.30. The number of rotatable bonds is 2. The molecule has 1 heteroatoms. The smallest absolute Gasteiger partial charge is 0.0449 e. The molecule has 0 aromatic heterocycles. The van der Waals surface area contributed by atoms with Crippen LogP contribution in [0.5, 0.6) is 0 Å². The average molecular weight is 386 g/mol. The van der Waals surface area contributed by atoms with Crippen LogP contribution in [0.3, 0.4) is 0 Å². The number of allylic oxidation sites excluding steroid dienone is 4. The zero-order valence-corrected chi connectivity index (χ0v) is 19.4. The minimum Gasteiger partial charge on any atom is -0.355 e. The van der Waals surface area contributed by atoms with E-state index in [1.54, 1.807) is 11.1 Å². The van der Waals surface area contributed by atoms with Gasteiger partial charge in [0.1, 0.15) is 0 Å². The van der Waals surface area contributed by atoms with Gasteiger partial charge >= 0.3 is 0 Å². The van der Waals surface area contributed by atoms with Gasteiger partial charge in [0.25, 0.3) is 0 Å². The van der Waals surface area contributed by atoms with Gasteiger partial charge in [0.15, 0.2) is 0 Å². The number of benzene rings is 2. The molecule has 0 spiro atoms. The Bertz CT molecular complexity index is 980. The summed E-state index contributed by atoms with van der Waals surface area (Å²) in [5.74, 6) is 1.01. The van der Waals surface area contributed by atoms with Crippen molar-refractivity contribution in [1.82, 2.24) is 0 Å². The normalized spacial score (nSPS) is 19.9. The maximum absolute atomic E-state index is 3.94. The van der Waals surface area contributed by atoms with E-state index in [1.165, 1.54) is 55.9 Å². The number of hydrogen-bond donors (Lipinski definition) is 1. The first kappa shape index (κ1) is 20.0. The Kier molecular flexibility index (Phi) is 4.97. The fourth-order valence-electron chi connectivity index (χ4n) is 5.73. The van der Waals surface area contributed by atoms with Crippen molar-refractivity contribution in [2.24, 2.45) is 0 Å². The maximum Gasteiger partial charge on any atom is 0.0449 e. The van der Waals surface area contributed by atoms with Gasteiger partial charge in [-0.2, -0.15) is 0 Å². The van der Waals surface area contributed by atoms with Crippen molar-refractivity contribution in [2.75, 3.05) is 5.32 Å². The van der Waals surface area contributed by atoms with Gasteiger partial charge in [-0.3, -0.25) is 0 Å². The van der Waals surface area contributed by atoms with Crippen LogP contribution in [0.15, 0.2) is 24.3 Å². The van der Waals surface area contributed by atoms with Gasteiger partial charge in [-0.1, -0.05) is 38.2 Å². The van der Waals surface area contributed by atoms with Crippen LogP contribution in [0.2, 0.25) is 0 Å². The third-order valence-corrected chi connectivity index (χ3v) is 7.64. The molecule has 0 fully saturated rings. The molecule has 0 amide bonds. The first-order valence-electron chi connectivity index (χ1n) is 11.1. The third-order valence-electron chi connectivity index (χ3n) is 7.64. The summed E-state index contributed by atoms with van der Waals surface area (Å²) in [6.45, 7) is 18.4. The van der Waals surface area contributed by atoms with Crippen LogP contribution in [0.1, 0.15) is 81.3 Å². The Morgan fingerprint density at radius 3 is 1.34 bits per heavy atom. The SMILES string of the molecule is Cc1c(C)c2c(c(C)c1Nc1c(C)c(C)c3c(c1C)CC=CC3C)CC=CC2C. The van der Waals surface area contributed by atoms with E-state index in [2.05, 4.69) is 85.0 Å². The van der Waals surface area contributed by atoms with Crippen molar-refractivity contribution in [1.29, 1.82) is 0 Å². The molecule has 2 aliphatic carbocycles. The predicted molar refractivity (Wildman–Crippen MR) is 127 cm³/mol. The fraction of sp³-hybridized carbons (Fsp3) is 0.429. The lowest BCUT2D eigenvalue weighted by atomic mass is 9.79.